The molecule has 0 N–H and O–H groups in total. The lowest BCUT2D eigenvalue weighted by molar-refractivity contribution is -0.384. The van der Waals surface area contributed by atoms with Gasteiger partial charge in [-0.3, -0.25) is 10.1 Å². The highest BCUT2D eigenvalue weighted by Gasteiger charge is 2.30. The molecule has 0 amide bonds. The second-order valence-corrected chi connectivity index (χ2v) is 8.10. The zero-order valence-corrected chi connectivity index (χ0v) is 15.8. The highest BCUT2D eigenvalue weighted by molar-refractivity contribution is 7.89. The molecule has 0 radical (unpaired) electrons. The van der Waals surface area contributed by atoms with Gasteiger partial charge in [-0.15, -0.1) is 0 Å². The number of hydrogen-bond donors (Lipinski definition) is 0. The van der Waals surface area contributed by atoms with Gasteiger partial charge in [0.25, 0.3) is 5.69 Å². The van der Waals surface area contributed by atoms with Crippen molar-refractivity contribution in [3.05, 3.63) is 28.3 Å². The van der Waals surface area contributed by atoms with Crippen molar-refractivity contribution in [3.8, 4) is 0 Å². The maximum absolute atomic E-state index is 12.6. The minimum atomic E-state index is -3.74. The summed E-state index contributed by atoms with van der Waals surface area (Å²) >= 11 is 0. The second-order valence-electron chi connectivity index (χ2n) is 6.16. The molecule has 0 unspecified atom stereocenters. The first-order valence-electron chi connectivity index (χ1n) is 8.39. The van der Waals surface area contributed by atoms with E-state index in [1.807, 2.05) is 18.7 Å². The van der Waals surface area contributed by atoms with E-state index in [9.17, 15) is 18.5 Å². The highest BCUT2D eigenvalue weighted by Crippen LogP contribution is 2.33. The van der Waals surface area contributed by atoms with Gasteiger partial charge in [-0.1, -0.05) is 13.8 Å². The fourth-order valence-electron chi connectivity index (χ4n) is 3.16. The van der Waals surface area contributed by atoms with Crippen molar-refractivity contribution >= 4 is 21.4 Å². The molecule has 0 saturated carbocycles. The quantitative estimate of drug-likeness (QED) is 0.562. The summed E-state index contributed by atoms with van der Waals surface area (Å²) in [5.41, 5.74) is 0.222. The molecule has 1 aromatic carbocycles. The Bertz CT molecular complexity index is 723. The molecular formula is C16H25N3O5S. The number of rotatable bonds is 6. The number of benzene rings is 1. The molecule has 0 bridgehead atoms. The van der Waals surface area contributed by atoms with Crippen LogP contribution in [0.2, 0.25) is 0 Å². The van der Waals surface area contributed by atoms with E-state index in [1.54, 1.807) is 13.8 Å². The zero-order valence-electron chi connectivity index (χ0n) is 15.0. The van der Waals surface area contributed by atoms with E-state index in [4.69, 9.17) is 4.74 Å². The number of ether oxygens (including phenoxy) is 1. The molecule has 2 rings (SSSR count). The van der Waals surface area contributed by atoms with Crippen LogP contribution in [0.4, 0.5) is 11.4 Å². The Morgan fingerprint density at radius 3 is 2.28 bits per heavy atom. The number of sulfonamides is 1. The lowest BCUT2D eigenvalue weighted by atomic mass is 10.2. The molecule has 8 nitrogen and oxygen atoms in total. The average molecular weight is 371 g/mol. The van der Waals surface area contributed by atoms with E-state index in [1.165, 1.54) is 16.4 Å². The van der Waals surface area contributed by atoms with Crippen molar-refractivity contribution < 1.29 is 18.1 Å². The molecule has 1 saturated heterocycles. The SMILES string of the molecule is CCN(CC)S(=O)(=O)c1ccc(N2C[C@H](C)O[C@@H](C)C2)c([N+](=O)[O-])c1. The van der Waals surface area contributed by atoms with Gasteiger partial charge < -0.3 is 9.64 Å². The molecule has 1 aliphatic heterocycles. The van der Waals surface area contributed by atoms with Crippen LogP contribution >= 0.6 is 0 Å². The van der Waals surface area contributed by atoms with Gasteiger partial charge >= 0.3 is 0 Å². The molecule has 1 fully saturated rings. The largest absolute Gasteiger partial charge is 0.372 e. The number of nitro groups is 1. The Kier molecular flexibility index (Phi) is 6.02. The maximum Gasteiger partial charge on any atom is 0.293 e. The van der Waals surface area contributed by atoms with Crippen molar-refractivity contribution in [2.24, 2.45) is 0 Å². The van der Waals surface area contributed by atoms with Crippen LogP contribution in [0.25, 0.3) is 0 Å². The Morgan fingerprint density at radius 2 is 1.80 bits per heavy atom. The minimum absolute atomic E-state index is 0.0533. The summed E-state index contributed by atoms with van der Waals surface area (Å²) in [4.78, 5) is 12.9. The van der Waals surface area contributed by atoms with Gasteiger partial charge in [-0.25, -0.2) is 8.42 Å². The van der Waals surface area contributed by atoms with Crippen LogP contribution < -0.4 is 4.90 Å². The molecular weight excluding hydrogens is 346 g/mol. The van der Waals surface area contributed by atoms with Gasteiger partial charge in [0.05, 0.1) is 22.0 Å². The van der Waals surface area contributed by atoms with E-state index in [-0.39, 0.29) is 22.8 Å². The summed E-state index contributed by atoms with van der Waals surface area (Å²) in [5.74, 6) is 0. The van der Waals surface area contributed by atoms with Crippen LogP contribution in [0.3, 0.4) is 0 Å². The molecule has 0 aromatic heterocycles. The normalized spacial score (nSPS) is 21.6. The van der Waals surface area contributed by atoms with E-state index in [0.717, 1.165) is 6.07 Å². The van der Waals surface area contributed by atoms with Crippen LogP contribution in [0, 0.1) is 10.1 Å². The third kappa shape index (κ3) is 4.10. The van der Waals surface area contributed by atoms with Gasteiger partial charge in [0.2, 0.25) is 10.0 Å². The van der Waals surface area contributed by atoms with E-state index < -0.39 is 14.9 Å². The smallest absolute Gasteiger partial charge is 0.293 e. The van der Waals surface area contributed by atoms with Crippen LogP contribution in [0.15, 0.2) is 23.1 Å². The molecule has 1 aromatic rings. The first kappa shape index (κ1) is 19.6. The lowest BCUT2D eigenvalue weighted by Crippen LogP contribution is -2.45. The fourth-order valence-corrected chi connectivity index (χ4v) is 4.64. The van der Waals surface area contributed by atoms with Crippen molar-refractivity contribution in [2.75, 3.05) is 31.1 Å². The molecule has 2 atom stereocenters. The second kappa shape index (κ2) is 7.67. The summed E-state index contributed by atoms with van der Waals surface area (Å²) < 4.78 is 32.2. The topological polar surface area (TPSA) is 93.0 Å². The van der Waals surface area contributed by atoms with Crippen molar-refractivity contribution in [2.45, 2.75) is 44.8 Å². The number of anilines is 1. The highest BCUT2D eigenvalue weighted by atomic mass is 32.2. The number of morpholine rings is 1. The summed E-state index contributed by atoms with van der Waals surface area (Å²) in [6.45, 7) is 8.96. The molecule has 1 aliphatic rings. The standard InChI is InChI=1S/C16H25N3O5S/c1-5-18(6-2)25(22,23)14-7-8-15(16(9-14)19(20)21)17-10-12(3)24-13(4)11-17/h7-9,12-13H,5-6,10-11H2,1-4H3/t12-,13-/m0/s1. The summed E-state index contributed by atoms with van der Waals surface area (Å²) in [7, 11) is -3.74. The van der Waals surface area contributed by atoms with Gasteiger partial charge in [-0.2, -0.15) is 4.31 Å². The molecule has 1 heterocycles. The van der Waals surface area contributed by atoms with E-state index in [2.05, 4.69) is 0 Å². The summed E-state index contributed by atoms with van der Waals surface area (Å²) in [6.07, 6.45) is -0.107. The Balaban J connectivity index is 2.47. The van der Waals surface area contributed by atoms with Crippen molar-refractivity contribution in [1.29, 1.82) is 0 Å². The third-order valence-corrected chi connectivity index (χ3v) is 6.29. The van der Waals surface area contributed by atoms with Crippen molar-refractivity contribution in [1.82, 2.24) is 4.31 Å². The van der Waals surface area contributed by atoms with Crippen LogP contribution in [-0.2, 0) is 14.8 Å². The predicted molar refractivity (Wildman–Crippen MR) is 95.4 cm³/mol. The molecule has 0 spiro atoms. The maximum atomic E-state index is 12.6. The lowest BCUT2D eigenvalue weighted by Gasteiger charge is -2.36. The first-order valence-corrected chi connectivity index (χ1v) is 9.83. The number of nitro benzene ring substituents is 1. The minimum Gasteiger partial charge on any atom is -0.372 e. The predicted octanol–water partition coefficient (Wildman–Crippen LogP) is 2.24. The van der Waals surface area contributed by atoms with Crippen LogP contribution in [0.5, 0.6) is 0 Å². The van der Waals surface area contributed by atoms with Crippen LogP contribution in [0.1, 0.15) is 27.7 Å². The van der Waals surface area contributed by atoms with Gasteiger partial charge in [0.15, 0.2) is 0 Å². The third-order valence-electron chi connectivity index (χ3n) is 4.25. The van der Waals surface area contributed by atoms with E-state index >= 15 is 0 Å². The van der Waals surface area contributed by atoms with Gasteiger partial charge in [0.1, 0.15) is 5.69 Å². The monoisotopic (exact) mass is 371 g/mol. The number of hydrogen-bond acceptors (Lipinski definition) is 6. The summed E-state index contributed by atoms with van der Waals surface area (Å²) in [6, 6.07) is 4.13. The molecule has 140 valence electrons. The summed E-state index contributed by atoms with van der Waals surface area (Å²) in [5, 5.41) is 11.6. The first-order chi connectivity index (χ1) is 11.7. The van der Waals surface area contributed by atoms with E-state index in [0.29, 0.717) is 31.9 Å². The Hall–Kier alpha value is -1.71. The fraction of sp³-hybridized carbons (Fsp3) is 0.625. The zero-order chi connectivity index (χ0) is 18.8. The Labute approximate surface area is 148 Å². The van der Waals surface area contributed by atoms with Gasteiger partial charge in [0, 0.05) is 32.2 Å². The molecule has 0 aliphatic carbocycles. The van der Waals surface area contributed by atoms with Crippen molar-refractivity contribution in [3.63, 3.8) is 0 Å². The number of nitrogens with zero attached hydrogens (tertiary/aromatic N) is 3. The van der Waals surface area contributed by atoms with Gasteiger partial charge in [-0.05, 0) is 26.0 Å². The van der Waals surface area contributed by atoms with Crippen LogP contribution in [-0.4, -0.2) is 56.0 Å². The molecule has 9 heteroatoms. The average Bonchev–Trinajstić information content (AvgIpc) is 2.54. The molecule has 25 heavy (non-hydrogen) atoms. The Morgan fingerprint density at radius 1 is 1.24 bits per heavy atom.